The van der Waals surface area contributed by atoms with E-state index in [2.05, 4.69) is 27.0 Å². The number of guanidine groups is 1. The van der Waals surface area contributed by atoms with Crippen LogP contribution in [0.1, 0.15) is 31.5 Å². The molecular weight excluding hydrogens is 345 g/mol. The molecule has 18 heavy (non-hydrogen) atoms. The van der Waals surface area contributed by atoms with Crippen LogP contribution in [-0.4, -0.2) is 34.1 Å². The summed E-state index contributed by atoms with van der Waals surface area (Å²) >= 11 is 0. The SMILES string of the molecule is Cc1nc(CN=C(N)N2CCC(C)CC2)no1.I. The van der Waals surface area contributed by atoms with Crippen molar-refractivity contribution in [2.45, 2.75) is 33.2 Å². The number of nitrogens with two attached hydrogens (primary N) is 1. The molecule has 0 aromatic carbocycles. The highest BCUT2D eigenvalue weighted by atomic mass is 127. The second kappa shape index (κ2) is 6.91. The minimum Gasteiger partial charge on any atom is -0.370 e. The molecule has 1 aliphatic rings. The highest BCUT2D eigenvalue weighted by Crippen LogP contribution is 2.15. The van der Waals surface area contributed by atoms with E-state index < -0.39 is 0 Å². The molecule has 2 N–H and O–H groups in total. The first-order valence-corrected chi connectivity index (χ1v) is 5.99. The quantitative estimate of drug-likeness (QED) is 0.489. The van der Waals surface area contributed by atoms with Gasteiger partial charge in [-0.05, 0) is 18.8 Å². The molecule has 1 aliphatic heterocycles. The molecule has 1 fully saturated rings. The van der Waals surface area contributed by atoms with E-state index in [-0.39, 0.29) is 24.0 Å². The molecule has 1 aromatic rings. The van der Waals surface area contributed by atoms with Crippen molar-refractivity contribution in [2.24, 2.45) is 16.6 Å². The third-order valence-electron chi connectivity index (χ3n) is 3.06. The molecule has 1 aromatic heterocycles. The number of aliphatic imine (C=N–C) groups is 1. The largest absolute Gasteiger partial charge is 0.370 e. The van der Waals surface area contributed by atoms with E-state index in [1.807, 2.05) is 0 Å². The fraction of sp³-hybridized carbons (Fsp3) is 0.727. The van der Waals surface area contributed by atoms with Crippen LogP contribution in [0.3, 0.4) is 0 Å². The van der Waals surface area contributed by atoms with Gasteiger partial charge in [-0.2, -0.15) is 4.98 Å². The monoisotopic (exact) mass is 365 g/mol. The van der Waals surface area contributed by atoms with Crippen LogP contribution in [0.5, 0.6) is 0 Å². The Morgan fingerprint density at radius 2 is 2.17 bits per heavy atom. The van der Waals surface area contributed by atoms with Crippen molar-refractivity contribution in [3.05, 3.63) is 11.7 Å². The van der Waals surface area contributed by atoms with Gasteiger partial charge in [0.25, 0.3) is 0 Å². The molecule has 0 bridgehead atoms. The molecular formula is C11H20IN5O. The molecule has 102 valence electrons. The average molecular weight is 365 g/mol. The summed E-state index contributed by atoms with van der Waals surface area (Å²) < 4.78 is 4.87. The van der Waals surface area contributed by atoms with Gasteiger partial charge in [0.15, 0.2) is 11.8 Å². The van der Waals surface area contributed by atoms with Crippen LogP contribution < -0.4 is 5.73 Å². The van der Waals surface area contributed by atoms with Crippen molar-refractivity contribution in [1.82, 2.24) is 15.0 Å². The van der Waals surface area contributed by atoms with Crippen molar-refractivity contribution in [3.63, 3.8) is 0 Å². The van der Waals surface area contributed by atoms with Gasteiger partial charge < -0.3 is 15.2 Å². The van der Waals surface area contributed by atoms with Crippen molar-refractivity contribution >= 4 is 29.9 Å². The molecule has 0 amide bonds. The summed E-state index contributed by atoms with van der Waals surface area (Å²) in [5, 5.41) is 3.78. The van der Waals surface area contributed by atoms with Gasteiger partial charge >= 0.3 is 0 Å². The summed E-state index contributed by atoms with van der Waals surface area (Å²) in [7, 11) is 0. The van der Waals surface area contributed by atoms with Crippen LogP contribution in [0, 0.1) is 12.8 Å². The molecule has 2 heterocycles. The van der Waals surface area contributed by atoms with E-state index in [0.717, 1.165) is 19.0 Å². The van der Waals surface area contributed by atoms with Gasteiger partial charge in [-0.1, -0.05) is 12.1 Å². The van der Waals surface area contributed by atoms with E-state index in [9.17, 15) is 0 Å². The van der Waals surface area contributed by atoms with Crippen molar-refractivity contribution in [2.75, 3.05) is 13.1 Å². The second-order valence-electron chi connectivity index (χ2n) is 4.57. The predicted octanol–water partition coefficient (Wildman–Crippen LogP) is 1.54. The zero-order valence-corrected chi connectivity index (χ0v) is 13.1. The van der Waals surface area contributed by atoms with Gasteiger partial charge in [0.05, 0.1) is 0 Å². The Morgan fingerprint density at radius 1 is 1.50 bits per heavy atom. The third kappa shape index (κ3) is 4.11. The number of aryl methyl sites for hydroxylation is 1. The third-order valence-corrected chi connectivity index (χ3v) is 3.06. The second-order valence-corrected chi connectivity index (χ2v) is 4.57. The molecule has 7 heteroatoms. The Hall–Kier alpha value is -0.860. The lowest BCUT2D eigenvalue weighted by atomic mass is 10.00. The molecule has 0 spiro atoms. The van der Waals surface area contributed by atoms with Crippen molar-refractivity contribution < 1.29 is 4.52 Å². The Bertz CT molecular complexity index is 398. The number of piperidine rings is 1. The highest BCUT2D eigenvalue weighted by molar-refractivity contribution is 14.0. The summed E-state index contributed by atoms with van der Waals surface area (Å²) in [6, 6.07) is 0. The van der Waals surface area contributed by atoms with Crippen LogP contribution in [0.2, 0.25) is 0 Å². The van der Waals surface area contributed by atoms with Crippen LogP contribution in [0.4, 0.5) is 0 Å². The summed E-state index contributed by atoms with van der Waals surface area (Å²) in [4.78, 5) is 10.5. The lowest BCUT2D eigenvalue weighted by molar-refractivity contribution is 0.277. The maximum Gasteiger partial charge on any atom is 0.223 e. The number of hydrogen-bond acceptors (Lipinski definition) is 4. The molecule has 0 atom stereocenters. The lowest BCUT2D eigenvalue weighted by Crippen LogP contribution is -2.42. The summed E-state index contributed by atoms with van der Waals surface area (Å²) in [5.41, 5.74) is 5.94. The molecule has 0 aliphatic carbocycles. The Kier molecular flexibility index (Phi) is 5.83. The Labute approximate surface area is 124 Å². The maximum atomic E-state index is 5.94. The molecule has 0 unspecified atom stereocenters. The smallest absolute Gasteiger partial charge is 0.223 e. The van der Waals surface area contributed by atoms with Gasteiger partial charge in [0, 0.05) is 20.0 Å². The fourth-order valence-electron chi connectivity index (χ4n) is 1.89. The maximum absolute atomic E-state index is 5.94. The number of halogens is 1. The average Bonchev–Trinajstić information content (AvgIpc) is 2.73. The first kappa shape index (κ1) is 15.2. The first-order valence-electron chi connectivity index (χ1n) is 5.99. The molecule has 1 saturated heterocycles. The van der Waals surface area contributed by atoms with Gasteiger partial charge in [0.2, 0.25) is 5.89 Å². The van der Waals surface area contributed by atoms with E-state index in [1.165, 1.54) is 12.8 Å². The van der Waals surface area contributed by atoms with E-state index >= 15 is 0 Å². The van der Waals surface area contributed by atoms with E-state index in [0.29, 0.717) is 24.2 Å². The lowest BCUT2D eigenvalue weighted by Gasteiger charge is -2.30. The zero-order valence-electron chi connectivity index (χ0n) is 10.8. The summed E-state index contributed by atoms with van der Waals surface area (Å²) in [6.45, 7) is 6.39. The first-order chi connectivity index (χ1) is 8.15. The standard InChI is InChI=1S/C11H19N5O.HI/c1-8-3-5-16(6-4-8)11(12)13-7-10-14-9(2)17-15-10;/h8H,3-7H2,1-2H3,(H2,12,13);1H. The van der Waals surface area contributed by atoms with Crippen LogP contribution in [-0.2, 0) is 6.54 Å². The molecule has 2 rings (SSSR count). The fourth-order valence-corrected chi connectivity index (χ4v) is 1.89. The minimum absolute atomic E-state index is 0. The van der Waals surface area contributed by atoms with Crippen molar-refractivity contribution in [1.29, 1.82) is 0 Å². The van der Waals surface area contributed by atoms with Crippen LogP contribution >= 0.6 is 24.0 Å². The number of rotatable bonds is 2. The van der Waals surface area contributed by atoms with Gasteiger partial charge in [0.1, 0.15) is 6.54 Å². The zero-order chi connectivity index (χ0) is 12.3. The molecule has 6 nitrogen and oxygen atoms in total. The van der Waals surface area contributed by atoms with Crippen molar-refractivity contribution in [3.8, 4) is 0 Å². The number of aromatic nitrogens is 2. The minimum atomic E-state index is 0. The van der Waals surface area contributed by atoms with Gasteiger partial charge in [-0.15, -0.1) is 24.0 Å². The Morgan fingerprint density at radius 3 is 2.72 bits per heavy atom. The van der Waals surface area contributed by atoms with Gasteiger partial charge in [-0.3, -0.25) is 0 Å². The summed E-state index contributed by atoms with van der Waals surface area (Å²) in [5.74, 6) is 2.51. The number of nitrogens with zero attached hydrogens (tertiary/aromatic N) is 4. The molecule has 0 saturated carbocycles. The predicted molar refractivity (Wildman–Crippen MR) is 79.7 cm³/mol. The topological polar surface area (TPSA) is 80.5 Å². The van der Waals surface area contributed by atoms with E-state index in [4.69, 9.17) is 10.3 Å². The Balaban J connectivity index is 0.00000162. The summed E-state index contributed by atoms with van der Waals surface area (Å²) in [6.07, 6.45) is 2.36. The molecule has 0 radical (unpaired) electrons. The number of likely N-dealkylation sites (tertiary alicyclic amines) is 1. The van der Waals surface area contributed by atoms with Crippen LogP contribution in [0.25, 0.3) is 0 Å². The van der Waals surface area contributed by atoms with E-state index in [1.54, 1.807) is 6.92 Å². The van der Waals surface area contributed by atoms with Gasteiger partial charge in [-0.25, -0.2) is 4.99 Å². The van der Waals surface area contributed by atoms with Crippen LogP contribution in [0.15, 0.2) is 9.52 Å². The normalized spacial score (nSPS) is 17.7. The highest BCUT2D eigenvalue weighted by Gasteiger charge is 2.16. The number of hydrogen-bond donors (Lipinski definition) is 1.